The fourth-order valence-electron chi connectivity index (χ4n) is 3.79. The van der Waals surface area contributed by atoms with Crippen LogP contribution in [0.25, 0.3) is 0 Å². The minimum Gasteiger partial charge on any atom is -0.354 e. The molecule has 0 fully saturated rings. The number of carbonyl (C=O) groups excluding carboxylic acids is 2. The third-order valence-corrected chi connectivity index (χ3v) is 6.27. The number of carbonyl (C=O) groups is 2. The summed E-state index contributed by atoms with van der Waals surface area (Å²) in [5.41, 5.74) is 2.83. The number of nitrogens with zero attached hydrogens (tertiary/aromatic N) is 1. The molecule has 3 rings (SSSR count). The van der Waals surface area contributed by atoms with Crippen LogP contribution in [-0.2, 0) is 29.0 Å². The zero-order valence-electron chi connectivity index (χ0n) is 19.3. The van der Waals surface area contributed by atoms with E-state index in [1.165, 1.54) is 0 Å². The highest BCUT2D eigenvalue weighted by Crippen LogP contribution is 2.20. The topological polar surface area (TPSA) is 49.4 Å². The van der Waals surface area contributed by atoms with E-state index in [4.69, 9.17) is 23.2 Å². The fourth-order valence-corrected chi connectivity index (χ4v) is 4.15. The molecule has 4 nitrogen and oxygen atoms in total. The molecule has 0 unspecified atom stereocenters. The summed E-state index contributed by atoms with van der Waals surface area (Å²) in [7, 11) is 0. The average molecular weight is 497 g/mol. The number of halogens is 2. The van der Waals surface area contributed by atoms with Crippen molar-refractivity contribution in [2.75, 3.05) is 6.54 Å². The summed E-state index contributed by atoms with van der Waals surface area (Å²) < 4.78 is 0. The average Bonchev–Trinajstić information content (AvgIpc) is 2.85. The molecule has 0 aliphatic heterocycles. The Morgan fingerprint density at radius 2 is 1.56 bits per heavy atom. The van der Waals surface area contributed by atoms with Crippen molar-refractivity contribution in [2.45, 2.75) is 45.2 Å². The molecular formula is C28H30Cl2N2O2. The van der Waals surface area contributed by atoms with Crippen molar-refractivity contribution in [1.29, 1.82) is 0 Å². The van der Waals surface area contributed by atoms with Gasteiger partial charge in [0.25, 0.3) is 0 Å². The molecule has 34 heavy (non-hydrogen) atoms. The fraction of sp³-hybridized carbons (Fsp3) is 0.286. The molecule has 1 N–H and O–H groups in total. The van der Waals surface area contributed by atoms with Gasteiger partial charge >= 0.3 is 0 Å². The quantitative estimate of drug-likeness (QED) is 0.349. The Labute approximate surface area is 211 Å². The zero-order chi connectivity index (χ0) is 24.3. The maximum absolute atomic E-state index is 13.6. The highest BCUT2D eigenvalue weighted by Gasteiger charge is 2.30. The number of aryl methyl sites for hydroxylation is 1. The lowest BCUT2D eigenvalue weighted by Gasteiger charge is -2.31. The number of amides is 2. The highest BCUT2D eigenvalue weighted by atomic mass is 35.5. The smallest absolute Gasteiger partial charge is 0.243 e. The zero-order valence-corrected chi connectivity index (χ0v) is 20.9. The van der Waals surface area contributed by atoms with Crippen LogP contribution < -0.4 is 5.32 Å². The van der Waals surface area contributed by atoms with Crippen molar-refractivity contribution < 1.29 is 9.59 Å². The molecule has 3 aromatic rings. The van der Waals surface area contributed by atoms with Gasteiger partial charge in [0, 0.05) is 36.0 Å². The highest BCUT2D eigenvalue weighted by molar-refractivity contribution is 6.31. The summed E-state index contributed by atoms with van der Waals surface area (Å²) in [4.78, 5) is 28.6. The summed E-state index contributed by atoms with van der Waals surface area (Å²) in [5, 5.41) is 4.26. The molecule has 0 saturated carbocycles. The van der Waals surface area contributed by atoms with Gasteiger partial charge in [0.2, 0.25) is 11.8 Å². The first-order chi connectivity index (χ1) is 16.5. The Morgan fingerprint density at radius 3 is 2.24 bits per heavy atom. The Kier molecular flexibility index (Phi) is 9.99. The van der Waals surface area contributed by atoms with Gasteiger partial charge in [-0.05, 0) is 47.7 Å². The molecule has 0 spiro atoms. The van der Waals surface area contributed by atoms with Gasteiger partial charge in [0.1, 0.15) is 6.04 Å². The molecule has 0 aliphatic carbocycles. The second-order valence-corrected chi connectivity index (χ2v) is 9.08. The van der Waals surface area contributed by atoms with E-state index in [9.17, 15) is 9.59 Å². The van der Waals surface area contributed by atoms with Crippen LogP contribution in [0.3, 0.4) is 0 Å². The van der Waals surface area contributed by atoms with E-state index in [1.54, 1.807) is 17.0 Å². The lowest BCUT2D eigenvalue weighted by Crippen LogP contribution is -2.50. The molecule has 0 heterocycles. The van der Waals surface area contributed by atoms with Crippen LogP contribution in [0.2, 0.25) is 10.0 Å². The van der Waals surface area contributed by atoms with Crippen molar-refractivity contribution in [3.63, 3.8) is 0 Å². The van der Waals surface area contributed by atoms with E-state index in [0.29, 0.717) is 36.0 Å². The van der Waals surface area contributed by atoms with E-state index in [2.05, 4.69) is 5.32 Å². The first kappa shape index (κ1) is 25.8. The Bertz CT molecular complexity index is 1070. The van der Waals surface area contributed by atoms with Crippen molar-refractivity contribution in [3.8, 4) is 0 Å². The third-order valence-electron chi connectivity index (χ3n) is 5.65. The standard InChI is InChI=1S/C28H30Cl2N2O2/c1-2-18-31-28(34)26(19-21-8-4-3-5-9-21)32(20-22-12-15-24(29)16-13-22)27(33)17-14-23-10-6-7-11-25(23)30/h3-13,15-16,26H,2,14,17-20H2,1H3,(H,31,34)/t26-/m1/s1. The molecule has 0 bridgehead atoms. The van der Waals surface area contributed by atoms with Crippen molar-refractivity contribution in [3.05, 3.63) is 106 Å². The number of rotatable bonds is 11. The maximum Gasteiger partial charge on any atom is 0.243 e. The minimum absolute atomic E-state index is 0.0950. The van der Waals surface area contributed by atoms with Crippen LogP contribution in [0, 0.1) is 0 Å². The summed E-state index contributed by atoms with van der Waals surface area (Å²) in [6.45, 7) is 2.88. The van der Waals surface area contributed by atoms with Gasteiger partial charge in [-0.25, -0.2) is 0 Å². The van der Waals surface area contributed by atoms with E-state index < -0.39 is 6.04 Å². The van der Waals surface area contributed by atoms with Gasteiger partial charge in [-0.1, -0.05) is 90.8 Å². The molecule has 0 aromatic heterocycles. The molecule has 6 heteroatoms. The summed E-state index contributed by atoms with van der Waals surface area (Å²) >= 11 is 12.4. The van der Waals surface area contributed by atoms with E-state index in [-0.39, 0.29) is 18.2 Å². The molecule has 0 aliphatic rings. The lowest BCUT2D eigenvalue weighted by atomic mass is 10.0. The molecule has 1 atom stereocenters. The second kappa shape index (κ2) is 13.2. The van der Waals surface area contributed by atoms with Crippen LogP contribution >= 0.6 is 23.2 Å². The molecule has 3 aromatic carbocycles. The van der Waals surface area contributed by atoms with Crippen molar-refractivity contribution >= 4 is 35.0 Å². The van der Waals surface area contributed by atoms with E-state index in [0.717, 1.165) is 23.1 Å². The molecule has 2 amide bonds. The monoisotopic (exact) mass is 496 g/mol. The third kappa shape index (κ3) is 7.61. The van der Waals surface area contributed by atoms with Crippen LogP contribution in [0.1, 0.15) is 36.5 Å². The number of benzene rings is 3. The van der Waals surface area contributed by atoms with Crippen LogP contribution in [0.15, 0.2) is 78.9 Å². The second-order valence-electron chi connectivity index (χ2n) is 8.24. The SMILES string of the molecule is CCCNC(=O)[C@@H](Cc1ccccc1)N(Cc1ccc(Cl)cc1)C(=O)CCc1ccccc1Cl. The first-order valence-electron chi connectivity index (χ1n) is 11.6. The maximum atomic E-state index is 13.6. The van der Waals surface area contributed by atoms with Gasteiger partial charge in [-0.15, -0.1) is 0 Å². The Balaban J connectivity index is 1.89. The van der Waals surface area contributed by atoms with Crippen molar-refractivity contribution in [1.82, 2.24) is 10.2 Å². The van der Waals surface area contributed by atoms with Crippen molar-refractivity contribution in [2.24, 2.45) is 0 Å². The summed E-state index contributed by atoms with van der Waals surface area (Å²) in [6, 6.07) is 24.1. The Hall–Kier alpha value is -2.82. The number of nitrogens with one attached hydrogen (secondary N) is 1. The first-order valence-corrected chi connectivity index (χ1v) is 12.3. The predicted molar refractivity (Wildman–Crippen MR) is 139 cm³/mol. The largest absolute Gasteiger partial charge is 0.354 e. The van der Waals surface area contributed by atoms with Crippen LogP contribution in [-0.4, -0.2) is 29.3 Å². The minimum atomic E-state index is -0.636. The molecule has 0 saturated heterocycles. The van der Waals surface area contributed by atoms with E-state index >= 15 is 0 Å². The number of hydrogen-bond donors (Lipinski definition) is 1. The van der Waals surface area contributed by atoms with E-state index in [1.807, 2.05) is 73.7 Å². The predicted octanol–water partition coefficient (Wildman–Crippen LogP) is 6.09. The summed E-state index contributed by atoms with van der Waals surface area (Å²) in [6.07, 6.45) is 2.01. The number of hydrogen-bond acceptors (Lipinski definition) is 2. The molecule has 0 radical (unpaired) electrons. The van der Waals surface area contributed by atoms with Gasteiger partial charge in [0.05, 0.1) is 0 Å². The van der Waals surface area contributed by atoms with Gasteiger partial charge in [-0.3, -0.25) is 9.59 Å². The lowest BCUT2D eigenvalue weighted by molar-refractivity contribution is -0.141. The van der Waals surface area contributed by atoms with Crippen LogP contribution in [0.4, 0.5) is 0 Å². The normalized spacial score (nSPS) is 11.6. The summed E-state index contributed by atoms with van der Waals surface area (Å²) in [5.74, 6) is -0.242. The Morgan fingerprint density at radius 1 is 0.882 bits per heavy atom. The molecule has 178 valence electrons. The van der Waals surface area contributed by atoms with Gasteiger partial charge in [0.15, 0.2) is 0 Å². The van der Waals surface area contributed by atoms with Crippen LogP contribution in [0.5, 0.6) is 0 Å². The molecular weight excluding hydrogens is 467 g/mol. The van der Waals surface area contributed by atoms with Gasteiger partial charge < -0.3 is 10.2 Å². The van der Waals surface area contributed by atoms with Gasteiger partial charge in [-0.2, -0.15) is 0 Å².